The smallest absolute Gasteiger partial charge is 0.163 e. The van der Waals surface area contributed by atoms with Crippen molar-refractivity contribution in [2.75, 3.05) is 0 Å². The average molecular weight is 324 g/mol. The first-order chi connectivity index (χ1) is 11.3. The highest BCUT2D eigenvalue weighted by molar-refractivity contribution is 6.30. The number of furan rings is 1. The monoisotopic (exact) mass is 323 g/mol. The number of hydrogen-bond acceptors (Lipinski definition) is 3. The third-order valence-corrected chi connectivity index (χ3v) is 4.08. The first kappa shape index (κ1) is 14.0. The molecule has 0 aliphatic heterocycles. The Labute approximate surface area is 138 Å². The van der Waals surface area contributed by atoms with Crippen molar-refractivity contribution in [2.24, 2.45) is 0 Å². The molecule has 0 unspecified atom stereocenters. The molecule has 0 amide bonds. The molecular formula is C18H14ClN3O. The number of hydrogen-bond donors (Lipinski definition) is 0. The lowest BCUT2D eigenvalue weighted by Gasteiger charge is -2.03. The van der Waals surface area contributed by atoms with E-state index in [1.54, 1.807) is 12.5 Å². The summed E-state index contributed by atoms with van der Waals surface area (Å²) < 4.78 is 7.37. The summed E-state index contributed by atoms with van der Waals surface area (Å²) in [5.74, 6) is 0.769. The van der Waals surface area contributed by atoms with Gasteiger partial charge in [-0.1, -0.05) is 30.7 Å². The molecule has 114 valence electrons. The molecule has 3 aromatic heterocycles. The summed E-state index contributed by atoms with van der Waals surface area (Å²) in [7, 11) is 0. The van der Waals surface area contributed by atoms with Crippen LogP contribution in [0.2, 0.25) is 5.02 Å². The van der Waals surface area contributed by atoms with Gasteiger partial charge < -0.3 is 4.42 Å². The first-order valence-electron chi connectivity index (χ1n) is 7.44. The summed E-state index contributed by atoms with van der Waals surface area (Å²) in [4.78, 5) is 4.54. The molecule has 4 nitrogen and oxygen atoms in total. The van der Waals surface area contributed by atoms with Gasteiger partial charge in [-0.3, -0.25) is 0 Å². The minimum atomic E-state index is 0.715. The highest BCUT2D eigenvalue weighted by atomic mass is 35.5. The van der Waals surface area contributed by atoms with Crippen molar-refractivity contribution in [3.8, 4) is 22.6 Å². The van der Waals surface area contributed by atoms with Crippen LogP contribution in [-0.2, 0) is 6.42 Å². The fourth-order valence-electron chi connectivity index (χ4n) is 2.76. The van der Waals surface area contributed by atoms with Crippen LogP contribution < -0.4 is 0 Å². The first-order valence-corrected chi connectivity index (χ1v) is 7.82. The number of rotatable bonds is 3. The maximum atomic E-state index is 6.01. The molecule has 0 bridgehead atoms. The maximum absolute atomic E-state index is 6.01. The lowest BCUT2D eigenvalue weighted by atomic mass is 10.0. The molecule has 3 heterocycles. The molecule has 23 heavy (non-hydrogen) atoms. The number of nitrogens with zero attached hydrogens (tertiary/aromatic N) is 3. The second-order valence-electron chi connectivity index (χ2n) is 5.22. The molecule has 0 aliphatic rings. The molecule has 1 aromatic carbocycles. The molecule has 0 spiro atoms. The highest BCUT2D eigenvalue weighted by Crippen LogP contribution is 2.31. The quantitative estimate of drug-likeness (QED) is 0.540. The number of halogens is 1. The zero-order valence-electron chi connectivity index (χ0n) is 12.5. The molecule has 4 rings (SSSR count). The van der Waals surface area contributed by atoms with Gasteiger partial charge in [-0.15, -0.1) is 0 Å². The van der Waals surface area contributed by atoms with Crippen molar-refractivity contribution in [2.45, 2.75) is 13.3 Å². The number of fused-ring (bicyclic) bond motifs is 1. The molecule has 0 aliphatic carbocycles. The van der Waals surface area contributed by atoms with E-state index in [0.717, 1.165) is 40.3 Å². The van der Waals surface area contributed by atoms with Crippen molar-refractivity contribution in [3.63, 3.8) is 0 Å². The Hall–Kier alpha value is -2.59. The lowest BCUT2D eigenvalue weighted by molar-refractivity contribution is 0.577. The van der Waals surface area contributed by atoms with Crippen molar-refractivity contribution in [3.05, 3.63) is 65.6 Å². The van der Waals surface area contributed by atoms with Gasteiger partial charge in [-0.25, -0.2) is 9.50 Å². The Morgan fingerprint density at radius 1 is 1.13 bits per heavy atom. The van der Waals surface area contributed by atoms with Crippen LogP contribution >= 0.6 is 11.6 Å². The average Bonchev–Trinajstić information content (AvgIpc) is 3.22. The zero-order valence-corrected chi connectivity index (χ0v) is 13.3. The van der Waals surface area contributed by atoms with Crippen LogP contribution in [0.25, 0.3) is 28.2 Å². The maximum Gasteiger partial charge on any atom is 0.163 e. The van der Waals surface area contributed by atoms with Gasteiger partial charge in [0.1, 0.15) is 5.69 Å². The molecular weight excluding hydrogens is 310 g/mol. The molecule has 0 atom stereocenters. The van der Waals surface area contributed by atoms with Gasteiger partial charge in [0.05, 0.1) is 12.0 Å². The summed E-state index contributed by atoms with van der Waals surface area (Å²) in [6.45, 7) is 2.09. The Balaban J connectivity index is 2.01. The van der Waals surface area contributed by atoms with Gasteiger partial charge in [0.2, 0.25) is 0 Å². The van der Waals surface area contributed by atoms with E-state index in [-0.39, 0.29) is 0 Å². The second-order valence-corrected chi connectivity index (χ2v) is 5.66. The van der Waals surface area contributed by atoms with Gasteiger partial charge in [0.15, 0.2) is 11.4 Å². The third-order valence-electron chi connectivity index (χ3n) is 3.83. The van der Waals surface area contributed by atoms with Crippen LogP contribution in [0.15, 0.2) is 59.3 Å². The minimum absolute atomic E-state index is 0.715. The third kappa shape index (κ3) is 2.32. The topological polar surface area (TPSA) is 43.3 Å². The van der Waals surface area contributed by atoms with Crippen LogP contribution in [0.5, 0.6) is 0 Å². The van der Waals surface area contributed by atoms with E-state index in [0.29, 0.717) is 5.02 Å². The largest absolute Gasteiger partial charge is 0.463 e. The van der Waals surface area contributed by atoms with Gasteiger partial charge >= 0.3 is 0 Å². The van der Waals surface area contributed by atoms with E-state index < -0.39 is 0 Å². The van der Waals surface area contributed by atoms with Gasteiger partial charge in [-0.05, 0) is 42.3 Å². The second kappa shape index (κ2) is 5.56. The molecule has 0 fully saturated rings. The Bertz CT molecular complexity index is 956. The molecule has 0 saturated heterocycles. The summed E-state index contributed by atoms with van der Waals surface area (Å²) in [6.07, 6.45) is 4.26. The standard InChI is InChI=1S/C18H14ClN3O/c1-2-14-17(12-5-7-13(19)8-6-12)18-20-10-9-15(22(18)21-14)16-4-3-11-23-16/h3-11H,2H2,1H3. The van der Waals surface area contributed by atoms with E-state index in [4.69, 9.17) is 21.1 Å². The van der Waals surface area contributed by atoms with Crippen molar-refractivity contribution >= 4 is 17.2 Å². The van der Waals surface area contributed by atoms with Crippen LogP contribution in [-0.4, -0.2) is 14.6 Å². The Kier molecular flexibility index (Phi) is 3.39. The molecule has 5 heteroatoms. The SMILES string of the molecule is CCc1nn2c(-c3ccco3)ccnc2c1-c1ccc(Cl)cc1. The van der Waals surface area contributed by atoms with Crippen molar-refractivity contribution in [1.29, 1.82) is 0 Å². The van der Waals surface area contributed by atoms with Crippen LogP contribution in [0.1, 0.15) is 12.6 Å². The highest BCUT2D eigenvalue weighted by Gasteiger charge is 2.17. The van der Waals surface area contributed by atoms with Gasteiger partial charge in [0, 0.05) is 16.8 Å². The fraction of sp³-hybridized carbons (Fsp3) is 0.111. The fourth-order valence-corrected chi connectivity index (χ4v) is 2.89. The van der Waals surface area contributed by atoms with Crippen LogP contribution in [0.4, 0.5) is 0 Å². The van der Waals surface area contributed by atoms with Crippen molar-refractivity contribution in [1.82, 2.24) is 14.6 Å². The molecule has 0 radical (unpaired) electrons. The zero-order chi connectivity index (χ0) is 15.8. The van der Waals surface area contributed by atoms with E-state index >= 15 is 0 Å². The van der Waals surface area contributed by atoms with Gasteiger partial charge in [0.25, 0.3) is 0 Å². The van der Waals surface area contributed by atoms with Crippen molar-refractivity contribution < 1.29 is 4.42 Å². The van der Waals surface area contributed by atoms with Gasteiger partial charge in [-0.2, -0.15) is 5.10 Å². The summed E-state index contributed by atoms with van der Waals surface area (Å²) >= 11 is 6.01. The van der Waals surface area contributed by atoms with E-state index in [1.807, 2.05) is 47.0 Å². The summed E-state index contributed by atoms with van der Waals surface area (Å²) in [6, 6.07) is 13.5. The predicted molar refractivity (Wildman–Crippen MR) is 90.5 cm³/mol. The summed E-state index contributed by atoms with van der Waals surface area (Å²) in [5.41, 5.74) is 4.80. The van der Waals surface area contributed by atoms with E-state index in [2.05, 4.69) is 11.9 Å². The number of aromatic nitrogens is 3. The molecule has 0 N–H and O–H groups in total. The van der Waals surface area contributed by atoms with E-state index in [9.17, 15) is 0 Å². The molecule has 0 saturated carbocycles. The lowest BCUT2D eigenvalue weighted by Crippen LogP contribution is -1.95. The van der Waals surface area contributed by atoms with Crippen LogP contribution in [0, 0.1) is 0 Å². The predicted octanol–water partition coefficient (Wildman–Crippen LogP) is 4.87. The minimum Gasteiger partial charge on any atom is -0.463 e. The molecule has 4 aromatic rings. The number of benzene rings is 1. The number of aryl methyl sites for hydroxylation is 1. The normalized spacial score (nSPS) is 11.2. The Morgan fingerprint density at radius 3 is 2.65 bits per heavy atom. The van der Waals surface area contributed by atoms with E-state index in [1.165, 1.54) is 0 Å². The summed E-state index contributed by atoms with van der Waals surface area (Å²) in [5, 5.41) is 5.46. The Morgan fingerprint density at radius 2 is 1.96 bits per heavy atom. The van der Waals surface area contributed by atoms with Crippen LogP contribution in [0.3, 0.4) is 0 Å².